The van der Waals surface area contributed by atoms with E-state index in [2.05, 4.69) is 29.6 Å². The van der Waals surface area contributed by atoms with Gasteiger partial charge in [-0.05, 0) is 73.3 Å². The summed E-state index contributed by atoms with van der Waals surface area (Å²) in [5.41, 5.74) is 3.25. The van der Waals surface area contributed by atoms with E-state index in [4.69, 9.17) is 0 Å². The highest BCUT2D eigenvalue weighted by Crippen LogP contribution is 2.23. The molecule has 1 heterocycles. The number of likely N-dealkylation sites (tertiary alicyclic amines) is 1. The smallest absolute Gasteiger partial charge is 0.226 e. The van der Waals surface area contributed by atoms with Crippen molar-refractivity contribution in [1.29, 1.82) is 0 Å². The molecular weight excluding hydrogens is 391 g/mol. The first-order chi connectivity index (χ1) is 15.0. The molecule has 0 spiro atoms. The second-order valence-electron chi connectivity index (χ2n) is 8.99. The molecule has 1 saturated carbocycles. The fourth-order valence-electron chi connectivity index (χ4n) is 4.28. The SMILES string of the molecule is O=C(CCc1ccc(CC2CCN(C(=O)Cc3cccc(F)c3)CC2)cc1)NC1CC1. The van der Waals surface area contributed by atoms with Gasteiger partial charge in [-0.1, -0.05) is 36.4 Å². The molecule has 4 nitrogen and oxygen atoms in total. The van der Waals surface area contributed by atoms with Crippen molar-refractivity contribution in [3.8, 4) is 0 Å². The van der Waals surface area contributed by atoms with Gasteiger partial charge in [-0.25, -0.2) is 4.39 Å². The molecule has 2 aromatic carbocycles. The summed E-state index contributed by atoms with van der Waals surface area (Å²) < 4.78 is 13.3. The number of halogens is 1. The van der Waals surface area contributed by atoms with Gasteiger partial charge >= 0.3 is 0 Å². The van der Waals surface area contributed by atoms with E-state index in [1.54, 1.807) is 12.1 Å². The maximum absolute atomic E-state index is 13.3. The van der Waals surface area contributed by atoms with Crippen LogP contribution in [-0.4, -0.2) is 35.8 Å². The Balaban J connectivity index is 1.18. The summed E-state index contributed by atoms with van der Waals surface area (Å²) in [6.07, 6.45) is 6.87. The molecule has 5 heteroatoms. The lowest BCUT2D eigenvalue weighted by atomic mass is 9.89. The van der Waals surface area contributed by atoms with Gasteiger partial charge in [-0.2, -0.15) is 0 Å². The number of nitrogens with zero attached hydrogens (tertiary/aromatic N) is 1. The lowest BCUT2D eigenvalue weighted by Crippen LogP contribution is -2.39. The Kier molecular flexibility index (Phi) is 7.00. The fraction of sp³-hybridized carbons (Fsp3) is 0.462. The Labute approximate surface area is 183 Å². The third-order valence-corrected chi connectivity index (χ3v) is 6.34. The molecule has 0 radical (unpaired) electrons. The zero-order valence-corrected chi connectivity index (χ0v) is 18.0. The summed E-state index contributed by atoms with van der Waals surface area (Å²) >= 11 is 0. The van der Waals surface area contributed by atoms with E-state index in [0.717, 1.165) is 57.2 Å². The minimum Gasteiger partial charge on any atom is -0.353 e. The molecule has 2 aromatic rings. The number of hydrogen-bond donors (Lipinski definition) is 1. The van der Waals surface area contributed by atoms with Gasteiger partial charge < -0.3 is 10.2 Å². The number of piperidine rings is 1. The molecule has 2 fully saturated rings. The Morgan fingerprint density at radius 2 is 1.65 bits per heavy atom. The molecule has 0 aromatic heterocycles. The van der Waals surface area contributed by atoms with E-state index in [-0.39, 0.29) is 24.1 Å². The van der Waals surface area contributed by atoms with Crippen molar-refractivity contribution in [1.82, 2.24) is 10.2 Å². The van der Waals surface area contributed by atoms with Crippen LogP contribution in [0.1, 0.15) is 48.8 Å². The number of nitrogens with one attached hydrogen (secondary N) is 1. The molecule has 2 aliphatic rings. The molecule has 164 valence electrons. The number of rotatable bonds is 8. The molecule has 0 bridgehead atoms. The van der Waals surface area contributed by atoms with E-state index in [1.165, 1.54) is 23.3 Å². The first-order valence-electron chi connectivity index (χ1n) is 11.4. The molecule has 0 atom stereocenters. The number of aryl methyl sites for hydroxylation is 1. The lowest BCUT2D eigenvalue weighted by Gasteiger charge is -2.32. The average molecular weight is 423 g/mol. The summed E-state index contributed by atoms with van der Waals surface area (Å²) in [5.74, 6) is 0.523. The van der Waals surface area contributed by atoms with Crippen molar-refractivity contribution < 1.29 is 14.0 Å². The van der Waals surface area contributed by atoms with Gasteiger partial charge in [-0.15, -0.1) is 0 Å². The lowest BCUT2D eigenvalue weighted by molar-refractivity contribution is -0.131. The second-order valence-corrected chi connectivity index (χ2v) is 8.99. The van der Waals surface area contributed by atoms with E-state index in [0.29, 0.717) is 18.4 Å². The Morgan fingerprint density at radius 3 is 2.32 bits per heavy atom. The maximum atomic E-state index is 13.3. The molecule has 1 aliphatic carbocycles. The van der Waals surface area contributed by atoms with Gasteiger partial charge in [0, 0.05) is 25.6 Å². The fourth-order valence-corrected chi connectivity index (χ4v) is 4.28. The van der Waals surface area contributed by atoms with Gasteiger partial charge in [-0.3, -0.25) is 9.59 Å². The number of benzene rings is 2. The van der Waals surface area contributed by atoms with E-state index in [1.807, 2.05) is 4.90 Å². The predicted octanol–water partition coefficient (Wildman–Crippen LogP) is 4.06. The number of amides is 2. The van der Waals surface area contributed by atoms with Crippen molar-refractivity contribution in [2.24, 2.45) is 5.92 Å². The molecule has 1 aliphatic heterocycles. The molecular formula is C26H31FN2O2. The van der Waals surface area contributed by atoms with Crippen LogP contribution in [0.2, 0.25) is 0 Å². The summed E-state index contributed by atoms with van der Waals surface area (Å²) in [7, 11) is 0. The number of hydrogen-bond acceptors (Lipinski definition) is 2. The first kappa shape index (κ1) is 21.5. The quantitative estimate of drug-likeness (QED) is 0.697. The summed E-state index contributed by atoms with van der Waals surface area (Å²) in [6.45, 7) is 1.54. The summed E-state index contributed by atoms with van der Waals surface area (Å²) in [4.78, 5) is 26.3. The van der Waals surface area contributed by atoms with E-state index < -0.39 is 0 Å². The van der Waals surface area contributed by atoms with Crippen molar-refractivity contribution in [2.45, 2.75) is 57.4 Å². The highest BCUT2D eigenvalue weighted by molar-refractivity contribution is 5.79. The van der Waals surface area contributed by atoms with Crippen molar-refractivity contribution in [2.75, 3.05) is 13.1 Å². The summed E-state index contributed by atoms with van der Waals surface area (Å²) in [6, 6.07) is 15.3. The highest BCUT2D eigenvalue weighted by atomic mass is 19.1. The van der Waals surface area contributed by atoms with Gasteiger partial charge in [0.15, 0.2) is 0 Å². The zero-order chi connectivity index (χ0) is 21.6. The van der Waals surface area contributed by atoms with Crippen LogP contribution in [0, 0.1) is 11.7 Å². The minimum absolute atomic E-state index is 0.0825. The normalized spacial score (nSPS) is 16.9. The standard InChI is InChI=1S/C26H31FN2O2/c27-23-3-1-2-22(17-23)18-26(31)29-14-12-21(13-15-29)16-20-6-4-19(5-7-20)8-11-25(30)28-24-9-10-24/h1-7,17,21,24H,8-16,18H2,(H,28,30). The van der Waals surface area contributed by atoms with E-state index in [9.17, 15) is 14.0 Å². The van der Waals surface area contributed by atoms with Crippen molar-refractivity contribution in [3.05, 3.63) is 71.0 Å². The van der Waals surface area contributed by atoms with Crippen LogP contribution in [0.4, 0.5) is 4.39 Å². The Bertz CT molecular complexity index is 900. The molecule has 31 heavy (non-hydrogen) atoms. The van der Waals surface area contributed by atoms with Crippen LogP contribution < -0.4 is 5.32 Å². The van der Waals surface area contributed by atoms with Crippen molar-refractivity contribution >= 4 is 11.8 Å². The zero-order valence-electron chi connectivity index (χ0n) is 18.0. The predicted molar refractivity (Wildman–Crippen MR) is 119 cm³/mol. The van der Waals surface area contributed by atoms with Gasteiger partial charge in [0.25, 0.3) is 0 Å². The molecule has 4 rings (SSSR count). The van der Waals surface area contributed by atoms with Gasteiger partial charge in [0.2, 0.25) is 11.8 Å². The second kappa shape index (κ2) is 10.1. The third kappa shape index (κ3) is 6.65. The molecule has 2 amide bonds. The van der Waals surface area contributed by atoms with Crippen molar-refractivity contribution in [3.63, 3.8) is 0 Å². The van der Waals surface area contributed by atoms with Crippen LogP contribution in [0.25, 0.3) is 0 Å². The average Bonchev–Trinajstić information content (AvgIpc) is 3.58. The van der Waals surface area contributed by atoms with Crippen LogP contribution in [0.15, 0.2) is 48.5 Å². The van der Waals surface area contributed by atoms with Crippen LogP contribution in [-0.2, 0) is 28.9 Å². The monoisotopic (exact) mass is 422 g/mol. The molecule has 1 N–H and O–H groups in total. The van der Waals surface area contributed by atoms with Crippen LogP contribution in [0.5, 0.6) is 0 Å². The third-order valence-electron chi connectivity index (χ3n) is 6.34. The maximum Gasteiger partial charge on any atom is 0.226 e. The Morgan fingerprint density at radius 1 is 0.935 bits per heavy atom. The molecule has 0 unspecified atom stereocenters. The topological polar surface area (TPSA) is 49.4 Å². The number of carbonyl (C=O) groups excluding carboxylic acids is 2. The van der Waals surface area contributed by atoms with Gasteiger partial charge in [0.05, 0.1) is 6.42 Å². The Hall–Kier alpha value is -2.69. The highest BCUT2D eigenvalue weighted by Gasteiger charge is 2.24. The molecule has 1 saturated heterocycles. The largest absolute Gasteiger partial charge is 0.353 e. The van der Waals surface area contributed by atoms with Crippen LogP contribution in [0.3, 0.4) is 0 Å². The first-order valence-corrected chi connectivity index (χ1v) is 11.4. The summed E-state index contributed by atoms with van der Waals surface area (Å²) in [5, 5.41) is 3.03. The van der Waals surface area contributed by atoms with Crippen LogP contribution >= 0.6 is 0 Å². The number of carbonyl (C=O) groups is 2. The van der Waals surface area contributed by atoms with E-state index >= 15 is 0 Å². The van der Waals surface area contributed by atoms with Gasteiger partial charge in [0.1, 0.15) is 5.82 Å². The minimum atomic E-state index is -0.295.